The number of piperidine rings is 1. The van der Waals surface area contributed by atoms with Gasteiger partial charge in [0.25, 0.3) is 10.0 Å². The minimum Gasteiger partial charge on any atom is -0.352 e. The number of rotatable bonds is 7. The molecule has 0 saturated carbocycles. The number of hydrogen-bond acceptors (Lipinski definition) is 5. The molecule has 0 atom stereocenters. The van der Waals surface area contributed by atoms with Crippen LogP contribution in [0.3, 0.4) is 0 Å². The average Bonchev–Trinajstić information content (AvgIpc) is 3.48. The number of carbonyl (C=O) groups excluding carboxylic acids is 1. The first-order valence-electron chi connectivity index (χ1n) is 10.6. The van der Waals surface area contributed by atoms with Crippen LogP contribution in [0.5, 0.6) is 0 Å². The van der Waals surface area contributed by atoms with Gasteiger partial charge in [-0.1, -0.05) is 30.3 Å². The molecule has 1 amide bonds. The Hall–Kier alpha value is -1.74. The molecular formula is C22H29N3O3S2. The zero-order chi connectivity index (χ0) is 21.0. The SMILES string of the molecule is O=C(NCc1ccccc1CN1CCCC1)C1CCN(S(=O)(=O)c2cccs2)CC1. The van der Waals surface area contributed by atoms with Crippen molar-refractivity contribution >= 4 is 27.3 Å². The Morgan fingerprint density at radius 3 is 2.37 bits per heavy atom. The maximum atomic E-state index is 12.7. The first kappa shape index (κ1) is 21.5. The molecule has 0 spiro atoms. The van der Waals surface area contributed by atoms with Gasteiger partial charge >= 0.3 is 0 Å². The van der Waals surface area contributed by atoms with Gasteiger partial charge in [0.2, 0.25) is 5.91 Å². The summed E-state index contributed by atoms with van der Waals surface area (Å²) >= 11 is 1.24. The number of thiophene rings is 1. The molecule has 2 aromatic rings. The summed E-state index contributed by atoms with van der Waals surface area (Å²) in [4.78, 5) is 15.2. The lowest BCUT2D eigenvalue weighted by Gasteiger charge is -2.30. The van der Waals surface area contributed by atoms with Gasteiger partial charge in [-0.2, -0.15) is 4.31 Å². The molecule has 2 aliphatic heterocycles. The van der Waals surface area contributed by atoms with Crippen molar-refractivity contribution in [3.05, 3.63) is 52.9 Å². The molecule has 6 nitrogen and oxygen atoms in total. The molecule has 0 radical (unpaired) electrons. The molecule has 2 saturated heterocycles. The highest BCUT2D eigenvalue weighted by atomic mass is 32.2. The number of amides is 1. The van der Waals surface area contributed by atoms with E-state index in [1.54, 1.807) is 17.5 Å². The van der Waals surface area contributed by atoms with Crippen LogP contribution in [0.15, 0.2) is 46.0 Å². The zero-order valence-corrected chi connectivity index (χ0v) is 18.8. The van der Waals surface area contributed by atoms with Crippen molar-refractivity contribution in [2.24, 2.45) is 5.92 Å². The van der Waals surface area contributed by atoms with E-state index >= 15 is 0 Å². The molecule has 3 heterocycles. The number of hydrogen-bond donors (Lipinski definition) is 1. The van der Waals surface area contributed by atoms with E-state index in [0.29, 0.717) is 36.7 Å². The highest BCUT2D eigenvalue weighted by Gasteiger charge is 2.32. The molecule has 1 aromatic carbocycles. The van der Waals surface area contributed by atoms with Gasteiger partial charge in [0.15, 0.2) is 0 Å². The maximum absolute atomic E-state index is 12.7. The van der Waals surface area contributed by atoms with Gasteiger partial charge in [-0.3, -0.25) is 9.69 Å². The molecule has 0 unspecified atom stereocenters. The van der Waals surface area contributed by atoms with Gasteiger partial charge in [-0.05, 0) is 61.3 Å². The van der Waals surface area contributed by atoms with Crippen molar-refractivity contribution in [2.75, 3.05) is 26.2 Å². The second kappa shape index (κ2) is 9.60. The third kappa shape index (κ3) is 4.94. The number of likely N-dealkylation sites (tertiary alicyclic amines) is 1. The van der Waals surface area contributed by atoms with Crippen molar-refractivity contribution in [2.45, 2.75) is 43.0 Å². The molecule has 0 aliphatic carbocycles. The molecular weight excluding hydrogens is 418 g/mol. The topological polar surface area (TPSA) is 69.7 Å². The summed E-state index contributed by atoms with van der Waals surface area (Å²) in [5.74, 6) is -0.107. The minimum atomic E-state index is -3.42. The van der Waals surface area contributed by atoms with E-state index < -0.39 is 10.0 Å². The van der Waals surface area contributed by atoms with Crippen molar-refractivity contribution in [1.29, 1.82) is 0 Å². The quantitative estimate of drug-likeness (QED) is 0.708. The predicted octanol–water partition coefficient (Wildman–Crippen LogP) is 3.06. The van der Waals surface area contributed by atoms with Crippen LogP contribution >= 0.6 is 11.3 Å². The number of sulfonamides is 1. The predicted molar refractivity (Wildman–Crippen MR) is 119 cm³/mol. The average molecular weight is 448 g/mol. The van der Waals surface area contributed by atoms with E-state index in [-0.39, 0.29) is 11.8 Å². The molecule has 30 heavy (non-hydrogen) atoms. The molecule has 4 rings (SSSR count). The van der Waals surface area contributed by atoms with Gasteiger partial charge in [0.1, 0.15) is 4.21 Å². The number of benzene rings is 1. The number of nitrogens with one attached hydrogen (secondary N) is 1. The Labute approximate surface area is 182 Å². The highest BCUT2D eigenvalue weighted by molar-refractivity contribution is 7.91. The van der Waals surface area contributed by atoms with Gasteiger partial charge in [-0.15, -0.1) is 11.3 Å². The summed E-state index contributed by atoms with van der Waals surface area (Å²) in [5.41, 5.74) is 2.44. The van der Waals surface area contributed by atoms with Crippen molar-refractivity contribution in [1.82, 2.24) is 14.5 Å². The van der Waals surface area contributed by atoms with Crippen molar-refractivity contribution < 1.29 is 13.2 Å². The lowest BCUT2D eigenvalue weighted by atomic mass is 9.97. The first-order chi connectivity index (χ1) is 14.5. The van der Waals surface area contributed by atoms with E-state index in [0.717, 1.165) is 25.2 Å². The maximum Gasteiger partial charge on any atom is 0.252 e. The molecule has 2 aliphatic rings. The number of carbonyl (C=O) groups is 1. The summed E-state index contributed by atoms with van der Waals surface area (Å²) in [6.07, 6.45) is 3.65. The smallest absolute Gasteiger partial charge is 0.252 e. The van der Waals surface area contributed by atoms with Crippen LogP contribution in [0, 0.1) is 5.92 Å². The molecule has 162 valence electrons. The monoisotopic (exact) mass is 447 g/mol. The third-order valence-corrected chi connectivity index (χ3v) is 9.35. The minimum absolute atomic E-state index is 0.0270. The fraction of sp³-hybridized carbons (Fsp3) is 0.500. The Balaban J connectivity index is 1.30. The summed E-state index contributed by atoms with van der Waals surface area (Å²) in [7, 11) is -3.42. The lowest BCUT2D eigenvalue weighted by Crippen LogP contribution is -2.42. The van der Waals surface area contributed by atoms with Crippen molar-refractivity contribution in [3.63, 3.8) is 0 Å². The van der Waals surface area contributed by atoms with Crippen LogP contribution in [0.2, 0.25) is 0 Å². The molecule has 1 N–H and O–H groups in total. The Morgan fingerprint density at radius 1 is 1.00 bits per heavy atom. The summed E-state index contributed by atoms with van der Waals surface area (Å²) < 4.78 is 27.2. The van der Waals surface area contributed by atoms with E-state index in [4.69, 9.17) is 0 Å². The molecule has 1 aromatic heterocycles. The van der Waals surface area contributed by atoms with Crippen LogP contribution in [0.25, 0.3) is 0 Å². The normalized spacial score (nSPS) is 19.2. The number of nitrogens with zero attached hydrogens (tertiary/aromatic N) is 2. The van der Waals surface area contributed by atoms with Crippen LogP contribution in [0.1, 0.15) is 36.8 Å². The Kier molecular flexibility index (Phi) is 6.87. The first-order valence-corrected chi connectivity index (χ1v) is 13.0. The summed E-state index contributed by atoms with van der Waals surface area (Å²) in [6.45, 7) is 4.54. The third-order valence-electron chi connectivity index (χ3n) is 6.08. The van der Waals surface area contributed by atoms with Gasteiger partial charge in [-0.25, -0.2) is 8.42 Å². The van der Waals surface area contributed by atoms with Crippen molar-refractivity contribution in [3.8, 4) is 0 Å². The summed E-state index contributed by atoms with van der Waals surface area (Å²) in [5, 5.41) is 4.86. The fourth-order valence-corrected chi connectivity index (χ4v) is 6.90. The van der Waals surface area contributed by atoms with E-state index in [2.05, 4.69) is 28.4 Å². The standard InChI is InChI=1S/C22H29N3O3S2/c26-22(18-9-13-25(14-10-18)30(27,28)21-8-5-15-29-21)23-16-19-6-1-2-7-20(19)17-24-11-3-4-12-24/h1-2,5-8,15,18H,3-4,9-14,16-17H2,(H,23,26). The van der Waals surface area contributed by atoms with E-state index in [1.165, 1.54) is 34.0 Å². The lowest BCUT2D eigenvalue weighted by molar-refractivity contribution is -0.126. The van der Waals surface area contributed by atoms with Gasteiger partial charge in [0, 0.05) is 32.1 Å². The van der Waals surface area contributed by atoms with Gasteiger partial charge < -0.3 is 5.32 Å². The summed E-state index contributed by atoms with van der Waals surface area (Å²) in [6, 6.07) is 11.7. The zero-order valence-electron chi connectivity index (χ0n) is 17.1. The molecule has 0 bridgehead atoms. The fourth-order valence-electron chi connectivity index (χ4n) is 4.29. The Bertz CT molecular complexity index is 946. The Morgan fingerprint density at radius 2 is 1.70 bits per heavy atom. The van der Waals surface area contributed by atoms with Crippen LogP contribution in [0.4, 0.5) is 0 Å². The van der Waals surface area contributed by atoms with Crippen LogP contribution < -0.4 is 5.32 Å². The second-order valence-electron chi connectivity index (χ2n) is 8.08. The van der Waals surface area contributed by atoms with Crippen LogP contribution in [-0.2, 0) is 27.9 Å². The van der Waals surface area contributed by atoms with Crippen LogP contribution in [-0.4, -0.2) is 49.7 Å². The van der Waals surface area contributed by atoms with Gasteiger partial charge in [0.05, 0.1) is 0 Å². The van der Waals surface area contributed by atoms with E-state index in [9.17, 15) is 13.2 Å². The largest absolute Gasteiger partial charge is 0.352 e. The molecule has 8 heteroatoms. The second-order valence-corrected chi connectivity index (χ2v) is 11.2. The highest BCUT2D eigenvalue weighted by Crippen LogP contribution is 2.26. The van der Waals surface area contributed by atoms with E-state index in [1.807, 2.05) is 6.07 Å². The molecule has 2 fully saturated rings.